The number of ether oxygens (including phenoxy) is 2. The molecule has 0 aliphatic carbocycles. The van der Waals surface area contributed by atoms with Crippen molar-refractivity contribution in [3.63, 3.8) is 0 Å². The van der Waals surface area contributed by atoms with Gasteiger partial charge in [-0.1, -0.05) is 61.1 Å². The number of carbonyl (C=O) groups excluding carboxylic acids is 1. The van der Waals surface area contributed by atoms with Crippen LogP contribution in [0.2, 0.25) is 0 Å². The monoisotopic (exact) mass is 361 g/mol. The molecule has 23 heavy (non-hydrogen) atoms. The number of alkyl carbamates (subject to hydrolysis) is 1. The minimum atomic E-state index is -0.402. The highest BCUT2D eigenvalue weighted by Crippen LogP contribution is 2.23. The lowest BCUT2D eigenvalue weighted by Gasteiger charge is -2.06. The molecule has 0 unspecified atom stereocenters. The third-order valence-corrected chi connectivity index (χ3v) is 4.74. The average Bonchev–Trinajstić information content (AvgIpc) is 2.48. The molecule has 0 aliphatic heterocycles. The lowest BCUT2D eigenvalue weighted by molar-refractivity contribution is 0.134. The van der Waals surface area contributed by atoms with Crippen molar-refractivity contribution in [1.82, 2.24) is 5.32 Å². The number of hydrogen-bond donors (Lipinski definition) is 1. The fourth-order valence-corrected chi connectivity index (χ4v) is 3.35. The van der Waals surface area contributed by atoms with Crippen LogP contribution in [0.5, 0.6) is 0 Å². The molecule has 0 atom stereocenters. The van der Waals surface area contributed by atoms with E-state index in [0.29, 0.717) is 25.7 Å². The van der Waals surface area contributed by atoms with E-state index in [4.69, 9.17) is 9.47 Å². The summed E-state index contributed by atoms with van der Waals surface area (Å²) in [7, 11) is 3.63. The van der Waals surface area contributed by atoms with Gasteiger partial charge in [0.25, 0.3) is 0 Å². The van der Waals surface area contributed by atoms with Crippen molar-refractivity contribution in [1.29, 1.82) is 0 Å². The molecular weight excluding hydrogens is 330 g/mol. The van der Waals surface area contributed by atoms with Crippen molar-refractivity contribution in [3.8, 4) is 11.8 Å². The molecule has 0 rings (SSSR count). The van der Waals surface area contributed by atoms with Gasteiger partial charge in [0.1, 0.15) is 5.94 Å². The van der Waals surface area contributed by atoms with Gasteiger partial charge in [0.05, 0.1) is 13.2 Å². The first kappa shape index (κ1) is 22.5. The second-order valence-electron chi connectivity index (χ2n) is 5.82. The number of rotatable bonds is 12. The Bertz CT molecular complexity index is 351. The second-order valence-corrected chi connectivity index (χ2v) is 8.35. The Labute approximate surface area is 149 Å². The van der Waals surface area contributed by atoms with Gasteiger partial charge in [-0.05, 0) is 25.2 Å². The Kier molecular flexibility index (Phi) is 16.0. The van der Waals surface area contributed by atoms with Crippen LogP contribution in [0.1, 0.15) is 47.0 Å². The molecular formula is C17H31NO3S2. The van der Waals surface area contributed by atoms with Gasteiger partial charge in [0.15, 0.2) is 0 Å². The van der Waals surface area contributed by atoms with Gasteiger partial charge in [0.2, 0.25) is 0 Å². The molecule has 1 N–H and O–H groups in total. The van der Waals surface area contributed by atoms with E-state index in [9.17, 15) is 4.79 Å². The summed E-state index contributed by atoms with van der Waals surface area (Å²) in [6.07, 6.45) is 2.56. The Balaban J connectivity index is 3.24. The summed E-state index contributed by atoms with van der Waals surface area (Å²) in [5, 5.41) is 2.60. The second kappa shape index (κ2) is 16.4. The van der Waals surface area contributed by atoms with Gasteiger partial charge in [0, 0.05) is 18.3 Å². The highest BCUT2D eigenvalue weighted by Gasteiger charge is 1.99. The molecule has 0 aromatic rings. The van der Waals surface area contributed by atoms with Crippen molar-refractivity contribution in [2.24, 2.45) is 11.8 Å². The SMILES string of the molecule is CC(C)C#CCNC(=O)OCCCCOCSSCCC(C)C. The molecule has 134 valence electrons. The smallest absolute Gasteiger partial charge is 0.407 e. The van der Waals surface area contributed by atoms with Gasteiger partial charge < -0.3 is 14.8 Å². The molecule has 0 saturated carbocycles. The highest BCUT2D eigenvalue weighted by atomic mass is 33.1. The highest BCUT2D eigenvalue weighted by molar-refractivity contribution is 8.76. The third-order valence-electron chi connectivity index (χ3n) is 2.62. The number of amides is 1. The van der Waals surface area contributed by atoms with Crippen LogP contribution in [-0.4, -0.2) is 37.5 Å². The minimum Gasteiger partial charge on any atom is -0.450 e. The van der Waals surface area contributed by atoms with Crippen LogP contribution in [0.25, 0.3) is 0 Å². The average molecular weight is 362 g/mol. The van der Waals surface area contributed by atoms with Gasteiger partial charge in [-0.3, -0.25) is 0 Å². The van der Waals surface area contributed by atoms with Gasteiger partial charge >= 0.3 is 6.09 Å². The number of nitrogens with one attached hydrogen (secondary N) is 1. The predicted molar refractivity (Wildman–Crippen MR) is 102 cm³/mol. The fourth-order valence-electron chi connectivity index (χ4n) is 1.36. The topological polar surface area (TPSA) is 47.6 Å². The van der Waals surface area contributed by atoms with Gasteiger partial charge in [-0.25, -0.2) is 4.79 Å². The quantitative estimate of drug-likeness (QED) is 0.239. The molecule has 0 spiro atoms. The Morgan fingerprint density at radius 2 is 1.87 bits per heavy atom. The maximum absolute atomic E-state index is 11.3. The van der Waals surface area contributed by atoms with E-state index in [1.165, 1.54) is 12.2 Å². The molecule has 6 heteroatoms. The molecule has 0 aromatic heterocycles. The molecule has 1 amide bonds. The van der Waals surface area contributed by atoms with E-state index in [-0.39, 0.29) is 0 Å². The van der Waals surface area contributed by atoms with Crippen molar-refractivity contribution in [2.75, 3.05) is 31.5 Å². The summed E-state index contributed by atoms with van der Waals surface area (Å²) in [4.78, 5) is 11.3. The summed E-state index contributed by atoms with van der Waals surface area (Å²) in [6, 6.07) is 0. The lowest BCUT2D eigenvalue weighted by atomic mass is 10.2. The van der Waals surface area contributed by atoms with E-state index in [1.807, 2.05) is 24.6 Å². The van der Waals surface area contributed by atoms with Crippen LogP contribution in [0.3, 0.4) is 0 Å². The van der Waals surface area contributed by atoms with E-state index in [0.717, 1.165) is 24.7 Å². The summed E-state index contributed by atoms with van der Waals surface area (Å²) in [6.45, 7) is 9.97. The molecule has 0 aliphatic rings. The molecule has 0 aromatic carbocycles. The third kappa shape index (κ3) is 19.4. The van der Waals surface area contributed by atoms with Crippen LogP contribution in [0, 0.1) is 23.7 Å². The zero-order chi connectivity index (χ0) is 17.3. The maximum atomic E-state index is 11.3. The zero-order valence-corrected chi connectivity index (χ0v) is 16.5. The van der Waals surface area contributed by atoms with E-state index in [2.05, 4.69) is 31.0 Å². The van der Waals surface area contributed by atoms with Crippen molar-refractivity contribution in [3.05, 3.63) is 0 Å². The Hall–Kier alpha value is -0.510. The molecule has 0 bridgehead atoms. The molecule has 4 nitrogen and oxygen atoms in total. The van der Waals surface area contributed by atoms with Crippen molar-refractivity contribution in [2.45, 2.75) is 47.0 Å². The van der Waals surface area contributed by atoms with Crippen molar-refractivity contribution < 1.29 is 14.3 Å². The van der Waals surface area contributed by atoms with Crippen LogP contribution in [-0.2, 0) is 9.47 Å². The summed E-state index contributed by atoms with van der Waals surface area (Å²) in [5.41, 5.74) is 0. The van der Waals surface area contributed by atoms with Gasteiger partial charge in [-0.15, -0.1) is 0 Å². The summed E-state index contributed by atoms with van der Waals surface area (Å²) >= 11 is 0. The summed E-state index contributed by atoms with van der Waals surface area (Å²) in [5.74, 6) is 8.83. The minimum absolute atomic E-state index is 0.319. The largest absolute Gasteiger partial charge is 0.450 e. The van der Waals surface area contributed by atoms with Gasteiger partial charge in [-0.2, -0.15) is 0 Å². The van der Waals surface area contributed by atoms with Crippen LogP contribution in [0.15, 0.2) is 0 Å². The number of unbranched alkanes of at least 4 members (excludes halogenated alkanes) is 1. The zero-order valence-electron chi connectivity index (χ0n) is 14.9. The molecule has 0 saturated heterocycles. The van der Waals surface area contributed by atoms with Crippen LogP contribution >= 0.6 is 21.6 Å². The van der Waals surface area contributed by atoms with E-state index >= 15 is 0 Å². The first-order valence-corrected chi connectivity index (χ1v) is 10.7. The number of carbonyl (C=O) groups is 1. The first-order chi connectivity index (χ1) is 11.0. The summed E-state index contributed by atoms with van der Waals surface area (Å²) < 4.78 is 10.6. The number of hydrogen-bond acceptors (Lipinski definition) is 5. The molecule has 0 fully saturated rings. The van der Waals surface area contributed by atoms with E-state index in [1.54, 1.807) is 10.8 Å². The van der Waals surface area contributed by atoms with Crippen LogP contribution < -0.4 is 5.32 Å². The Morgan fingerprint density at radius 3 is 2.57 bits per heavy atom. The predicted octanol–water partition coefficient (Wildman–Crippen LogP) is 4.55. The standard InChI is InChI=1S/C17H31NO3S2/c1-15(2)8-7-10-18-17(19)21-12-6-5-11-20-14-23-22-13-9-16(3)4/h15-16H,5-6,9-14H2,1-4H3,(H,18,19). The molecule has 0 heterocycles. The lowest BCUT2D eigenvalue weighted by Crippen LogP contribution is -2.25. The maximum Gasteiger partial charge on any atom is 0.407 e. The van der Waals surface area contributed by atoms with Crippen LogP contribution in [0.4, 0.5) is 4.79 Å². The van der Waals surface area contributed by atoms with Crippen molar-refractivity contribution >= 4 is 27.7 Å². The Morgan fingerprint density at radius 1 is 1.13 bits per heavy atom. The first-order valence-electron chi connectivity index (χ1n) is 8.23. The van der Waals surface area contributed by atoms with E-state index < -0.39 is 6.09 Å². The normalized spacial score (nSPS) is 10.5. The fraction of sp³-hybridized carbons (Fsp3) is 0.824. The molecule has 0 radical (unpaired) electrons.